The van der Waals surface area contributed by atoms with Crippen LogP contribution >= 0.6 is 0 Å². The summed E-state index contributed by atoms with van der Waals surface area (Å²) in [4.78, 5) is 0. The molecule has 0 spiro atoms. The normalized spacial score (nSPS) is 19.2. The summed E-state index contributed by atoms with van der Waals surface area (Å²) < 4.78 is 17.0. The maximum absolute atomic E-state index is 8.86. The molecule has 112 valence electrons. The van der Waals surface area contributed by atoms with Crippen molar-refractivity contribution in [2.24, 2.45) is 10.9 Å². The molecule has 0 saturated carbocycles. The van der Waals surface area contributed by atoms with E-state index in [-0.39, 0.29) is 17.7 Å². The van der Waals surface area contributed by atoms with E-state index in [4.69, 9.17) is 24.8 Å². The van der Waals surface area contributed by atoms with Crippen LogP contribution in [0, 0.1) is 0 Å². The van der Waals surface area contributed by atoms with Gasteiger partial charge in [0.15, 0.2) is 5.75 Å². The van der Waals surface area contributed by atoms with E-state index in [1.165, 1.54) is 0 Å². The number of hydrogen-bond acceptors (Lipinski definition) is 5. The highest BCUT2D eigenvalue weighted by Crippen LogP contribution is 2.33. The van der Waals surface area contributed by atoms with Gasteiger partial charge in [0, 0.05) is 13.0 Å². The third kappa shape index (κ3) is 2.80. The van der Waals surface area contributed by atoms with E-state index in [1.54, 1.807) is 0 Å². The molecular weight excluding hydrogens is 272 g/mol. The topological polar surface area (TPSA) is 90.2 Å². The van der Waals surface area contributed by atoms with Gasteiger partial charge in [-0.15, -0.1) is 0 Å². The third-order valence-electron chi connectivity index (χ3n) is 3.60. The molecule has 0 radical (unpaired) electrons. The second kappa shape index (κ2) is 6.05. The Morgan fingerprint density at radius 2 is 2.29 bits per heavy atom. The van der Waals surface area contributed by atoms with Crippen LogP contribution in [0.5, 0.6) is 5.75 Å². The van der Waals surface area contributed by atoms with Gasteiger partial charge in [-0.1, -0.05) is 17.3 Å². The van der Waals surface area contributed by atoms with Crippen LogP contribution in [-0.2, 0) is 4.74 Å². The predicted molar refractivity (Wildman–Crippen MR) is 77.8 cm³/mol. The molecule has 1 aliphatic heterocycles. The molecule has 1 fully saturated rings. The van der Waals surface area contributed by atoms with Gasteiger partial charge in [-0.05, 0) is 25.0 Å². The second-order valence-corrected chi connectivity index (χ2v) is 5.01. The molecule has 0 bridgehead atoms. The van der Waals surface area contributed by atoms with Crippen molar-refractivity contribution in [2.45, 2.75) is 25.4 Å². The van der Waals surface area contributed by atoms with Gasteiger partial charge in [-0.25, -0.2) is 0 Å². The van der Waals surface area contributed by atoms with Crippen LogP contribution in [0.1, 0.15) is 25.0 Å². The quantitative estimate of drug-likeness (QED) is 0.382. The first-order valence-electron chi connectivity index (χ1n) is 7.03. The zero-order chi connectivity index (χ0) is 14.7. The number of furan rings is 1. The van der Waals surface area contributed by atoms with Crippen LogP contribution < -0.4 is 10.5 Å². The average molecular weight is 290 g/mol. The molecule has 1 unspecified atom stereocenters. The van der Waals surface area contributed by atoms with Crippen LogP contribution in [0.3, 0.4) is 0 Å². The molecule has 21 heavy (non-hydrogen) atoms. The number of nitrogens with zero attached hydrogens (tertiary/aromatic N) is 1. The molecule has 3 rings (SSSR count). The number of para-hydroxylation sites is 1. The first-order chi connectivity index (χ1) is 10.3. The van der Waals surface area contributed by atoms with Crippen LogP contribution in [0.25, 0.3) is 11.0 Å². The lowest BCUT2D eigenvalue weighted by molar-refractivity contribution is 0.0904. The number of amidine groups is 1. The third-order valence-corrected chi connectivity index (χ3v) is 3.60. The number of fused-ring (bicyclic) bond motifs is 1. The Labute approximate surface area is 122 Å². The van der Waals surface area contributed by atoms with Crippen molar-refractivity contribution in [3.05, 3.63) is 30.0 Å². The lowest BCUT2D eigenvalue weighted by atomic mass is 10.2. The maximum Gasteiger partial charge on any atom is 0.215 e. The summed E-state index contributed by atoms with van der Waals surface area (Å²) in [5.74, 6) is 0.670. The van der Waals surface area contributed by atoms with Crippen molar-refractivity contribution in [1.29, 1.82) is 0 Å². The van der Waals surface area contributed by atoms with E-state index in [9.17, 15) is 0 Å². The van der Waals surface area contributed by atoms with E-state index in [2.05, 4.69) is 5.16 Å². The van der Waals surface area contributed by atoms with Crippen molar-refractivity contribution in [3.63, 3.8) is 0 Å². The second-order valence-electron chi connectivity index (χ2n) is 5.01. The smallest absolute Gasteiger partial charge is 0.215 e. The fraction of sp³-hybridized carbons (Fsp3) is 0.400. The molecule has 1 aromatic carbocycles. The molecule has 1 aliphatic rings. The van der Waals surface area contributed by atoms with Gasteiger partial charge in [0.05, 0.1) is 18.1 Å². The minimum atomic E-state index is -0.0988. The molecule has 0 aliphatic carbocycles. The lowest BCUT2D eigenvalue weighted by Gasteiger charge is -2.10. The van der Waals surface area contributed by atoms with Crippen molar-refractivity contribution in [3.8, 4) is 5.75 Å². The number of hydrogen-bond donors (Lipinski definition) is 2. The van der Waals surface area contributed by atoms with Gasteiger partial charge in [0.2, 0.25) is 11.6 Å². The van der Waals surface area contributed by atoms with E-state index >= 15 is 0 Å². The summed E-state index contributed by atoms with van der Waals surface area (Å²) in [6.07, 6.45) is 3.25. The molecule has 0 amide bonds. The minimum absolute atomic E-state index is 0.0988. The molecular formula is C15H18N2O4. The molecule has 2 aromatic rings. The monoisotopic (exact) mass is 290 g/mol. The maximum atomic E-state index is 8.86. The molecule has 6 heteroatoms. The van der Waals surface area contributed by atoms with Crippen molar-refractivity contribution in [1.82, 2.24) is 0 Å². The molecule has 2 heterocycles. The highest BCUT2D eigenvalue weighted by molar-refractivity contribution is 6.03. The Morgan fingerprint density at radius 3 is 3.05 bits per heavy atom. The lowest BCUT2D eigenvalue weighted by Crippen LogP contribution is -2.15. The zero-order valence-electron chi connectivity index (χ0n) is 11.6. The SMILES string of the molecule is N/C(=N/O)c1oc2ccccc2c1OCCC1CCCO1. The first kappa shape index (κ1) is 13.8. The van der Waals surface area contributed by atoms with E-state index in [0.29, 0.717) is 17.9 Å². The fourth-order valence-electron chi connectivity index (χ4n) is 2.54. The Balaban J connectivity index is 1.81. The summed E-state index contributed by atoms with van der Waals surface area (Å²) in [7, 11) is 0. The van der Waals surface area contributed by atoms with Crippen molar-refractivity contribution in [2.75, 3.05) is 13.2 Å². The van der Waals surface area contributed by atoms with Crippen molar-refractivity contribution >= 4 is 16.8 Å². The molecule has 1 atom stereocenters. The van der Waals surface area contributed by atoms with Crippen LogP contribution in [-0.4, -0.2) is 30.4 Å². The van der Waals surface area contributed by atoms with Crippen LogP contribution in [0.4, 0.5) is 0 Å². The Kier molecular flexibility index (Phi) is 3.96. The van der Waals surface area contributed by atoms with Gasteiger partial charge in [0.1, 0.15) is 5.58 Å². The summed E-state index contributed by atoms with van der Waals surface area (Å²) in [5.41, 5.74) is 6.30. The zero-order valence-corrected chi connectivity index (χ0v) is 11.6. The van der Waals surface area contributed by atoms with E-state index < -0.39 is 0 Å². The summed E-state index contributed by atoms with van der Waals surface area (Å²) in [6.45, 7) is 1.33. The largest absolute Gasteiger partial charge is 0.489 e. The molecule has 6 nitrogen and oxygen atoms in total. The number of rotatable bonds is 5. The Hall–Kier alpha value is -2.21. The standard InChI is InChI=1S/C15H18N2O4/c16-15(17-18)14-13(11-5-1-2-6-12(11)21-14)20-9-7-10-4-3-8-19-10/h1-2,5-6,10,18H,3-4,7-9H2,(H2,16,17). The fourth-order valence-corrected chi connectivity index (χ4v) is 2.54. The summed E-state index contributed by atoms with van der Waals surface area (Å²) >= 11 is 0. The highest BCUT2D eigenvalue weighted by Gasteiger charge is 2.20. The van der Waals surface area contributed by atoms with Crippen LogP contribution in [0.2, 0.25) is 0 Å². The first-order valence-corrected chi connectivity index (χ1v) is 7.03. The van der Waals surface area contributed by atoms with Gasteiger partial charge in [-0.3, -0.25) is 0 Å². The molecule has 3 N–H and O–H groups in total. The minimum Gasteiger partial charge on any atom is -0.489 e. The van der Waals surface area contributed by atoms with E-state index in [0.717, 1.165) is 31.3 Å². The summed E-state index contributed by atoms with van der Waals surface area (Å²) in [6, 6.07) is 7.45. The Bertz CT molecular complexity index is 644. The van der Waals surface area contributed by atoms with Gasteiger partial charge >= 0.3 is 0 Å². The number of oxime groups is 1. The summed E-state index contributed by atoms with van der Waals surface area (Å²) in [5, 5.41) is 12.7. The van der Waals surface area contributed by atoms with Gasteiger partial charge in [0.25, 0.3) is 0 Å². The molecule has 1 aromatic heterocycles. The van der Waals surface area contributed by atoms with Gasteiger partial charge < -0.3 is 24.8 Å². The van der Waals surface area contributed by atoms with E-state index in [1.807, 2.05) is 24.3 Å². The van der Waals surface area contributed by atoms with Gasteiger partial charge in [-0.2, -0.15) is 0 Å². The number of benzene rings is 1. The average Bonchev–Trinajstić information content (AvgIpc) is 3.14. The molecule has 1 saturated heterocycles. The van der Waals surface area contributed by atoms with Crippen LogP contribution in [0.15, 0.2) is 33.8 Å². The number of nitrogens with two attached hydrogens (primary N) is 1. The highest BCUT2D eigenvalue weighted by atomic mass is 16.5. The predicted octanol–water partition coefficient (Wildman–Crippen LogP) is 2.48. The number of ether oxygens (including phenoxy) is 2. The van der Waals surface area contributed by atoms with Crippen molar-refractivity contribution < 1.29 is 19.1 Å². The Morgan fingerprint density at radius 1 is 1.43 bits per heavy atom.